The van der Waals surface area contributed by atoms with Crippen LogP contribution in [0, 0.1) is 11.8 Å². The van der Waals surface area contributed by atoms with E-state index in [-0.39, 0.29) is 12.2 Å². The monoisotopic (exact) mass is 210 g/mol. The Bertz CT molecular complexity index is 248. The van der Waals surface area contributed by atoms with Gasteiger partial charge in [0.2, 0.25) is 5.91 Å². The highest BCUT2D eigenvalue weighted by atomic mass is 16.2. The van der Waals surface area contributed by atoms with Crippen LogP contribution in [0.4, 0.5) is 0 Å². The maximum atomic E-state index is 12.1. The van der Waals surface area contributed by atoms with E-state index in [0.717, 1.165) is 18.9 Å². The van der Waals surface area contributed by atoms with Gasteiger partial charge >= 0.3 is 0 Å². The zero-order valence-corrected chi connectivity index (χ0v) is 9.99. The zero-order valence-electron chi connectivity index (χ0n) is 9.99. The van der Waals surface area contributed by atoms with Gasteiger partial charge in [0, 0.05) is 6.54 Å². The van der Waals surface area contributed by atoms with Crippen molar-refractivity contribution in [1.29, 1.82) is 0 Å². The fraction of sp³-hybridized carbons (Fsp3) is 0.917. The Morgan fingerprint density at radius 3 is 2.67 bits per heavy atom. The van der Waals surface area contributed by atoms with Crippen LogP contribution in [0.15, 0.2) is 0 Å². The summed E-state index contributed by atoms with van der Waals surface area (Å²) in [5.41, 5.74) is 0. The maximum Gasteiger partial charge on any atom is 0.241 e. The average Bonchev–Trinajstić information content (AvgIpc) is 2.90. The molecule has 0 bridgehead atoms. The number of nitrogens with one attached hydrogen (secondary N) is 1. The van der Waals surface area contributed by atoms with Crippen molar-refractivity contribution in [3.8, 4) is 0 Å². The average molecular weight is 210 g/mol. The molecule has 1 saturated carbocycles. The van der Waals surface area contributed by atoms with Crippen molar-refractivity contribution in [2.45, 2.75) is 52.2 Å². The summed E-state index contributed by atoms with van der Waals surface area (Å²) in [6, 6.07) is 0.0683. The summed E-state index contributed by atoms with van der Waals surface area (Å²) in [6.07, 6.45) is 3.82. The first-order chi connectivity index (χ1) is 7.08. The van der Waals surface area contributed by atoms with Gasteiger partial charge in [-0.25, -0.2) is 0 Å². The van der Waals surface area contributed by atoms with Gasteiger partial charge in [0.15, 0.2) is 0 Å². The van der Waals surface area contributed by atoms with Crippen molar-refractivity contribution in [1.82, 2.24) is 10.2 Å². The molecule has 3 heteroatoms. The summed E-state index contributed by atoms with van der Waals surface area (Å²) in [7, 11) is 0. The van der Waals surface area contributed by atoms with Crippen LogP contribution in [0.5, 0.6) is 0 Å². The van der Waals surface area contributed by atoms with E-state index in [1.807, 2.05) is 4.90 Å². The third-order valence-electron chi connectivity index (χ3n) is 3.35. The van der Waals surface area contributed by atoms with Crippen LogP contribution < -0.4 is 5.32 Å². The Balaban J connectivity index is 1.92. The van der Waals surface area contributed by atoms with E-state index >= 15 is 0 Å². The third-order valence-corrected chi connectivity index (χ3v) is 3.35. The molecule has 2 aliphatic rings. The quantitative estimate of drug-likeness (QED) is 0.764. The fourth-order valence-electron chi connectivity index (χ4n) is 2.31. The number of carbonyl (C=O) groups excluding carboxylic acids is 1. The number of nitrogens with zero attached hydrogens (tertiary/aromatic N) is 1. The molecular weight excluding hydrogens is 188 g/mol. The molecule has 15 heavy (non-hydrogen) atoms. The van der Waals surface area contributed by atoms with Gasteiger partial charge in [-0.15, -0.1) is 0 Å². The Morgan fingerprint density at radius 1 is 1.47 bits per heavy atom. The van der Waals surface area contributed by atoms with Crippen molar-refractivity contribution in [3.63, 3.8) is 0 Å². The first-order valence-corrected chi connectivity index (χ1v) is 6.14. The van der Waals surface area contributed by atoms with E-state index in [2.05, 4.69) is 26.1 Å². The largest absolute Gasteiger partial charge is 0.326 e. The van der Waals surface area contributed by atoms with Crippen LogP contribution in [-0.4, -0.2) is 29.6 Å². The number of amides is 1. The number of rotatable bonds is 4. The van der Waals surface area contributed by atoms with Crippen LogP contribution in [0.25, 0.3) is 0 Å². The highest BCUT2D eigenvalue weighted by Gasteiger charge is 2.39. The van der Waals surface area contributed by atoms with E-state index in [0.29, 0.717) is 11.8 Å². The highest BCUT2D eigenvalue weighted by Crippen LogP contribution is 2.31. The molecule has 1 aliphatic carbocycles. The third kappa shape index (κ3) is 2.51. The Labute approximate surface area is 92.2 Å². The Kier molecular flexibility index (Phi) is 3.01. The van der Waals surface area contributed by atoms with Gasteiger partial charge in [0.05, 0.1) is 12.2 Å². The molecule has 0 aromatic rings. The predicted octanol–water partition coefficient (Wildman–Crippen LogP) is 1.59. The second kappa shape index (κ2) is 4.12. The standard InChI is InChI=1S/C12H22N2O/c1-8(2)6-11-12(15)14(9(3)13-11)7-10-4-5-10/h8-11,13H,4-7H2,1-3H3. The summed E-state index contributed by atoms with van der Waals surface area (Å²) in [5.74, 6) is 1.69. The van der Waals surface area contributed by atoms with Crippen LogP contribution in [-0.2, 0) is 4.79 Å². The summed E-state index contributed by atoms with van der Waals surface area (Å²) in [5, 5.41) is 3.39. The number of carbonyl (C=O) groups is 1. The van der Waals surface area contributed by atoms with Gasteiger partial charge in [0.25, 0.3) is 0 Å². The van der Waals surface area contributed by atoms with E-state index in [1.54, 1.807) is 0 Å². The normalized spacial score (nSPS) is 31.7. The van der Waals surface area contributed by atoms with Gasteiger partial charge in [-0.3, -0.25) is 10.1 Å². The first-order valence-electron chi connectivity index (χ1n) is 6.14. The van der Waals surface area contributed by atoms with Gasteiger partial charge in [-0.05, 0) is 38.0 Å². The lowest BCUT2D eigenvalue weighted by molar-refractivity contribution is -0.130. The molecule has 1 aliphatic heterocycles. The van der Waals surface area contributed by atoms with Crippen molar-refractivity contribution < 1.29 is 4.79 Å². The second-order valence-electron chi connectivity index (χ2n) is 5.46. The molecule has 2 atom stereocenters. The molecule has 2 unspecified atom stereocenters. The van der Waals surface area contributed by atoms with Crippen molar-refractivity contribution in [2.24, 2.45) is 11.8 Å². The van der Waals surface area contributed by atoms with Gasteiger partial charge < -0.3 is 4.90 Å². The minimum atomic E-state index is 0.0683. The van der Waals surface area contributed by atoms with Crippen LogP contribution in [0.2, 0.25) is 0 Å². The summed E-state index contributed by atoms with van der Waals surface area (Å²) in [6.45, 7) is 7.41. The lowest BCUT2D eigenvalue weighted by Crippen LogP contribution is -2.36. The molecule has 1 saturated heterocycles. The lowest BCUT2D eigenvalue weighted by Gasteiger charge is -2.20. The highest BCUT2D eigenvalue weighted by molar-refractivity contribution is 5.84. The number of hydrogen-bond donors (Lipinski definition) is 1. The molecule has 86 valence electrons. The lowest BCUT2D eigenvalue weighted by atomic mass is 10.0. The molecular formula is C12H22N2O. The molecule has 0 aromatic heterocycles. The van der Waals surface area contributed by atoms with E-state index in [4.69, 9.17) is 0 Å². The minimum absolute atomic E-state index is 0.0683. The summed E-state index contributed by atoms with van der Waals surface area (Å²) < 4.78 is 0. The SMILES string of the molecule is CC(C)CC1NC(C)N(CC2CC2)C1=O. The Hall–Kier alpha value is -0.570. The fourth-order valence-corrected chi connectivity index (χ4v) is 2.31. The van der Waals surface area contributed by atoms with Crippen LogP contribution >= 0.6 is 0 Å². The minimum Gasteiger partial charge on any atom is -0.326 e. The van der Waals surface area contributed by atoms with Gasteiger partial charge in [-0.1, -0.05) is 13.8 Å². The van der Waals surface area contributed by atoms with E-state index in [9.17, 15) is 4.79 Å². The predicted molar refractivity (Wildman–Crippen MR) is 60.3 cm³/mol. The topological polar surface area (TPSA) is 32.3 Å². The van der Waals surface area contributed by atoms with Crippen molar-refractivity contribution in [2.75, 3.05) is 6.54 Å². The molecule has 2 fully saturated rings. The van der Waals surface area contributed by atoms with Crippen LogP contribution in [0.1, 0.15) is 40.0 Å². The molecule has 1 N–H and O–H groups in total. The molecule has 1 amide bonds. The van der Waals surface area contributed by atoms with E-state index < -0.39 is 0 Å². The zero-order chi connectivity index (χ0) is 11.0. The maximum absolute atomic E-state index is 12.1. The first kappa shape index (κ1) is 10.9. The van der Waals surface area contributed by atoms with Crippen molar-refractivity contribution in [3.05, 3.63) is 0 Å². The molecule has 1 heterocycles. The summed E-state index contributed by atoms with van der Waals surface area (Å²) in [4.78, 5) is 14.1. The van der Waals surface area contributed by atoms with Gasteiger partial charge in [-0.2, -0.15) is 0 Å². The smallest absolute Gasteiger partial charge is 0.241 e. The molecule has 2 rings (SSSR count). The van der Waals surface area contributed by atoms with Crippen LogP contribution in [0.3, 0.4) is 0 Å². The van der Waals surface area contributed by atoms with E-state index in [1.165, 1.54) is 12.8 Å². The second-order valence-corrected chi connectivity index (χ2v) is 5.46. The molecule has 0 radical (unpaired) electrons. The number of hydrogen-bond acceptors (Lipinski definition) is 2. The molecule has 0 spiro atoms. The van der Waals surface area contributed by atoms with Crippen molar-refractivity contribution >= 4 is 5.91 Å². The molecule has 3 nitrogen and oxygen atoms in total. The molecule has 0 aromatic carbocycles. The summed E-state index contributed by atoms with van der Waals surface area (Å²) >= 11 is 0. The Morgan fingerprint density at radius 2 is 2.13 bits per heavy atom. The van der Waals surface area contributed by atoms with Gasteiger partial charge in [0.1, 0.15) is 0 Å².